The molecule has 4 aliphatic carbocycles. The molecule has 0 aromatic heterocycles. The van der Waals surface area contributed by atoms with Gasteiger partial charge in [0.05, 0.1) is 6.10 Å². The van der Waals surface area contributed by atoms with E-state index < -0.39 is 0 Å². The maximum Gasteiger partial charge on any atom is 0.0627 e. The van der Waals surface area contributed by atoms with Crippen LogP contribution in [0.25, 0.3) is 0 Å². The first kappa shape index (κ1) is 7.89. The second kappa shape index (κ2) is 2.10. The molecule has 4 bridgehead atoms. The van der Waals surface area contributed by atoms with Crippen molar-refractivity contribution in [2.45, 2.75) is 18.9 Å². The molecule has 0 aromatic carbocycles. The summed E-state index contributed by atoms with van der Waals surface area (Å²) in [6.45, 7) is 0.176. The zero-order valence-corrected chi connectivity index (χ0v) is 8.13. The largest absolute Gasteiger partial charge is 0.396 e. The molecule has 0 aliphatic heterocycles. The molecule has 4 aliphatic rings. The van der Waals surface area contributed by atoms with Crippen molar-refractivity contribution < 1.29 is 10.2 Å². The Morgan fingerprint density at radius 2 is 2.21 bits per heavy atom. The average Bonchev–Trinajstić information content (AvgIpc) is 2.79. The topological polar surface area (TPSA) is 40.5 Å². The summed E-state index contributed by atoms with van der Waals surface area (Å²) in [5.41, 5.74) is 0.468. The lowest BCUT2D eigenvalue weighted by Crippen LogP contribution is -2.40. The van der Waals surface area contributed by atoms with Gasteiger partial charge in [-0.1, -0.05) is 12.2 Å². The molecule has 2 nitrogen and oxygen atoms in total. The third-order valence-electron chi connectivity index (χ3n) is 5.56. The van der Waals surface area contributed by atoms with Crippen molar-refractivity contribution in [3.63, 3.8) is 0 Å². The Kier molecular flexibility index (Phi) is 1.18. The number of hydrogen-bond acceptors (Lipinski definition) is 2. The summed E-state index contributed by atoms with van der Waals surface area (Å²) < 4.78 is 0. The van der Waals surface area contributed by atoms with Crippen molar-refractivity contribution >= 4 is 0 Å². The molecular weight excluding hydrogens is 176 g/mol. The lowest BCUT2D eigenvalue weighted by Gasteiger charge is -2.36. The molecule has 0 radical (unpaired) electrons. The lowest BCUT2D eigenvalue weighted by molar-refractivity contribution is -0.0203. The fraction of sp³-hybridized carbons (Fsp3) is 0.833. The quantitative estimate of drug-likeness (QED) is 0.603. The van der Waals surface area contributed by atoms with Gasteiger partial charge in [0.25, 0.3) is 0 Å². The maximum absolute atomic E-state index is 10.1. The predicted octanol–water partition coefficient (Wildman–Crippen LogP) is 0.798. The van der Waals surface area contributed by atoms with Crippen LogP contribution in [0.4, 0.5) is 0 Å². The Labute approximate surface area is 83.6 Å². The van der Waals surface area contributed by atoms with Gasteiger partial charge >= 0.3 is 0 Å². The molecule has 1 unspecified atom stereocenters. The van der Waals surface area contributed by atoms with Gasteiger partial charge in [0, 0.05) is 12.5 Å². The van der Waals surface area contributed by atoms with E-state index in [2.05, 4.69) is 12.2 Å². The second-order valence-electron chi connectivity index (χ2n) is 5.68. The Morgan fingerprint density at radius 1 is 1.36 bits per heavy atom. The van der Waals surface area contributed by atoms with Gasteiger partial charge in [-0.2, -0.15) is 0 Å². The van der Waals surface area contributed by atoms with E-state index in [1.54, 1.807) is 0 Å². The van der Waals surface area contributed by atoms with Gasteiger partial charge in [-0.3, -0.25) is 0 Å². The van der Waals surface area contributed by atoms with E-state index in [1.807, 2.05) is 0 Å². The fourth-order valence-electron chi connectivity index (χ4n) is 4.94. The predicted molar refractivity (Wildman–Crippen MR) is 51.3 cm³/mol. The van der Waals surface area contributed by atoms with Crippen LogP contribution in [-0.4, -0.2) is 22.9 Å². The van der Waals surface area contributed by atoms with Crippen LogP contribution in [-0.2, 0) is 0 Å². The molecule has 14 heavy (non-hydrogen) atoms. The summed E-state index contributed by atoms with van der Waals surface area (Å²) >= 11 is 0. The summed E-state index contributed by atoms with van der Waals surface area (Å²) in [7, 11) is 0. The molecule has 0 saturated heterocycles. The number of aliphatic hydroxyl groups is 2. The first-order chi connectivity index (χ1) is 6.79. The van der Waals surface area contributed by atoms with Crippen molar-refractivity contribution in [2.75, 3.05) is 6.61 Å². The first-order valence-corrected chi connectivity index (χ1v) is 5.76. The normalized spacial score (nSPS) is 67.0. The molecule has 2 heteroatoms. The van der Waals surface area contributed by atoms with Gasteiger partial charge in [0.2, 0.25) is 0 Å². The zero-order chi connectivity index (χ0) is 9.50. The van der Waals surface area contributed by atoms with E-state index in [9.17, 15) is 10.2 Å². The van der Waals surface area contributed by atoms with Crippen LogP contribution in [0.1, 0.15) is 12.8 Å². The Balaban J connectivity index is 1.81. The smallest absolute Gasteiger partial charge is 0.0627 e. The van der Waals surface area contributed by atoms with Crippen molar-refractivity contribution in [2.24, 2.45) is 35.0 Å². The minimum absolute atomic E-state index is 0.163. The lowest BCUT2D eigenvalue weighted by atomic mass is 9.71. The van der Waals surface area contributed by atoms with Gasteiger partial charge in [-0.25, -0.2) is 0 Å². The molecule has 0 aromatic rings. The fourth-order valence-corrected chi connectivity index (χ4v) is 4.94. The summed E-state index contributed by atoms with van der Waals surface area (Å²) in [6, 6.07) is 0. The maximum atomic E-state index is 10.1. The van der Waals surface area contributed by atoms with Crippen LogP contribution >= 0.6 is 0 Å². The molecule has 2 N–H and O–H groups in total. The van der Waals surface area contributed by atoms with Crippen molar-refractivity contribution in [3.05, 3.63) is 12.2 Å². The highest BCUT2D eigenvalue weighted by Crippen LogP contribution is 2.78. The molecule has 0 heterocycles. The summed E-state index contributed by atoms with van der Waals surface area (Å²) in [4.78, 5) is 0. The molecule has 7 atom stereocenters. The Morgan fingerprint density at radius 3 is 3.00 bits per heavy atom. The summed E-state index contributed by atoms with van der Waals surface area (Å²) in [5.74, 6) is 2.66. The van der Waals surface area contributed by atoms with Crippen LogP contribution in [0.15, 0.2) is 12.2 Å². The van der Waals surface area contributed by atoms with Crippen molar-refractivity contribution in [3.8, 4) is 0 Å². The molecule has 1 spiro atoms. The van der Waals surface area contributed by atoms with E-state index in [4.69, 9.17) is 0 Å². The molecule has 4 rings (SSSR count). The van der Waals surface area contributed by atoms with Crippen molar-refractivity contribution in [1.82, 2.24) is 0 Å². The van der Waals surface area contributed by atoms with Crippen LogP contribution in [0.2, 0.25) is 0 Å². The van der Waals surface area contributed by atoms with Gasteiger partial charge < -0.3 is 10.2 Å². The van der Waals surface area contributed by atoms with Crippen molar-refractivity contribution in [1.29, 1.82) is 0 Å². The minimum Gasteiger partial charge on any atom is -0.396 e. The Hall–Kier alpha value is -0.340. The van der Waals surface area contributed by atoms with Gasteiger partial charge in [-0.05, 0) is 41.9 Å². The highest BCUT2D eigenvalue weighted by Gasteiger charge is 2.75. The Bertz CT molecular complexity index is 324. The third kappa shape index (κ3) is 0.583. The second-order valence-corrected chi connectivity index (χ2v) is 5.68. The van der Waals surface area contributed by atoms with Crippen LogP contribution in [0, 0.1) is 35.0 Å². The van der Waals surface area contributed by atoms with E-state index in [0.29, 0.717) is 23.2 Å². The van der Waals surface area contributed by atoms with Crippen LogP contribution in [0.3, 0.4) is 0 Å². The number of hydrogen-bond donors (Lipinski definition) is 2. The standard InChI is InChI=1S/C12H16O2/c13-5-8-7-3-6-1-2-9(7)12(6)4-10(12)11(8)14/h1-2,6-11,13-14H,3-5H2/t6-,7-,8+,9+,10-,11?,12+/m1/s1. The van der Waals surface area contributed by atoms with E-state index in [0.717, 1.165) is 5.92 Å². The number of rotatable bonds is 1. The van der Waals surface area contributed by atoms with Gasteiger partial charge in [0.15, 0.2) is 0 Å². The SMILES string of the molecule is OC[C@@H]1C(O)[C@H]2C[C@@]23[C@@H]2C=C[C@H]3[C@@H]1C2. The van der Waals surface area contributed by atoms with E-state index in [1.165, 1.54) is 12.8 Å². The number of aliphatic hydroxyl groups excluding tert-OH is 2. The third-order valence-corrected chi connectivity index (χ3v) is 5.56. The highest BCUT2D eigenvalue weighted by molar-refractivity contribution is 5.33. The van der Waals surface area contributed by atoms with E-state index >= 15 is 0 Å². The first-order valence-electron chi connectivity index (χ1n) is 5.76. The highest BCUT2D eigenvalue weighted by atomic mass is 16.3. The molecule has 3 fully saturated rings. The molecular formula is C12H16O2. The monoisotopic (exact) mass is 192 g/mol. The molecule has 76 valence electrons. The zero-order valence-electron chi connectivity index (χ0n) is 8.13. The summed E-state index contributed by atoms with van der Waals surface area (Å²) in [5, 5.41) is 19.5. The molecule has 3 saturated carbocycles. The van der Waals surface area contributed by atoms with Gasteiger partial charge in [-0.15, -0.1) is 0 Å². The average molecular weight is 192 g/mol. The van der Waals surface area contributed by atoms with E-state index in [-0.39, 0.29) is 18.6 Å². The van der Waals surface area contributed by atoms with Crippen LogP contribution in [0.5, 0.6) is 0 Å². The van der Waals surface area contributed by atoms with Gasteiger partial charge in [0.1, 0.15) is 0 Å². The number of allylic oxidation sites excluding steroid dienone is 2. The minimum atomic E-state index is -0.217. The van der Waals surface area contributed by atoms with Crippen LogP contribution < -0.4 is 0 Å². The summed E-state index contributed by atoms with van der Waals surface area (Å²) in [6.07, 6.45) is 6.95. The molecule has 0 amide bonds.